The SMILES string of the molecule is CCCCN(CC(=O)NCCC1=CCCCC1)S(C)(=O)=O. The van der Waals surface area contributed by atoms with Crippen molar-refractivity contribution < 1.29 is 13.2 Å². The molecule has 0 unspecified atom stereocenters. The molecule has 0 spiro atoms. The number of carbonyl (C=O) groups is 1. The average Bonchev–Trinajstić information content (AvgIpc) is 2.43. The van der Waals surface area contributed by atoms with Crippen LogP contribution >= 0.6 is 0 Å². The van der Waals surface area contributed by atoms with Crippen LogP contribution in [0.5, 0.6) is 0 Å². The smallest absolute Gasteiger partial charge is 0.235 e. The van der Waals surface area contributed by atoms with Gasteiger partial charge in [0, 0.05) is 13.1 Å². The summed E-state index contributed by atoms with van der Waals surface area (Å²) in [6.07, 6.45) is 10.7. The van der Waals surface area contributed by atoms with E-state index in [1.165, 1.54) is 22.7 Å². The molecule has 0 aromatic heterocycles. The van der Waals surface area contributed by atoms with Crippen LogP contribution in [0.3, 0.4) is 0 Å². The summed E-state index contributed by atoms with van der Waals surface area (Å²) in [5.74, 6) is -0.215. The first-order chi connectivity index (χ1) is 9.93. The number of unbranched alkanes of at least 4 members (excludes halogenated alkanes) is 1. The molecule has 0 saturated heterocycles. The molecule has 0 aliphatic heterocycles. The predicted molar refractivity (Wildman–Crippen MR) is 85.5 cm³/mol. The minimum absolute atomic E-state index is 0.0715. The zero-order valence-electron chi connectivity index (χ0n) is 13.2. The number of hydrogen-bond acceptors (Lipinski definition) is 3. The fraction of sp³-hybridized carbons (Fsp3) is 0.800. The Kier molecular flexibility index (Phi) is 7.96. The van der Waals surface area contributed by atoms with Gasteiger partial charge in [0.2, 0.25) is 15.9 Å². The van der Waals surface area contributed by atoms with E-state index in [2.05, 4.69) is 11.4 Å². The Morgan fingerprint density at radius 2 is 2.14 bits per heavy atom. The molecule has 1 rings (SSSR count). The van der Waals surface area contributed by atoms with E-state index in [0.717, 1.165) is 38.4 Å². The molecule has 0 aromatic carbocycles. The van der Waals surface area contributed by atoms with E-state index in [0.29, 0.717) is 13.1 Å². The van der Waals surface area contributed by atoms with Crippen LogP contribution in [0.1, 0.15) is 51.9 Å². The number of nitrogens with one attached hydrogen (secondary N) is 1. The van der Waals surface area contributed by atoms with E-state index in [1.807, 2.05) is 6.92 Å². The normalized spacial score (nSPS) is 15.9. The Morgan fingerprint density at radius 3 is 2.71 bits per heavy atom. The molecule has 0 atom stereocenters. The third-order valence-corrected chi connectivity index (χ3v) is 4.95. The van der Waals surface area contributed by atoms with Gasteiger partial charge in [-0.05, 0) is 38.5 Å². The number of hydrogen-bond donors (Lipinski definition) is 1. The molecule has 21 heavy (non-hydrogen) atoms. The highest BCUT2D eigenvalue weighted by molar-refractivity contribution is 7.88. The highest BCUT2D eigenvalue weighted by Crippen LogP contribution is 2.19. The van der Waals surface area contributed by atoms with Crippen LogP contribution < -0.4 is 5.32 Å². The summed E-state index contributed by atoms with van der Waals surface area (Å²) in [6.45, 7) is 2.93. The van der Waals surface area contributed by atoms with Crippen molar-refractivity contribution in [1.29, 1.82) is 0 Å². The first-order valence-corrected chi connectivity index (χ1v) is 9.68. The lowest BCUT2D eigenvalue weighted by atomic mass is 9.97. The van der Waals surface area contributed by atoms with E-state index < -0.39 is 10.0 Å². The summed E-state index contributed by atoms with van der Waals surface area (Å²) in [7, 11) is -3.32. The van der Waals surface area contributed by atoms with E-state index in [9.17, 15) is 13.2 Å². The zero-order valence-corrected chi connectivity index (χ0v) is 14.0. The molecular formula is C15H28N2O3S. The van der Waals surface area contributed by atoms with Crippen LogP contribution in [0.15, 0.2) is 11.6 Å². The van der Waals surface area contributed by atoms with Gasteiger partial charge >= 0.3 is 0 Å². The van der Waals surface area contributed by atoms with Gasteiger partial charge in [0.15, 0.2) is 0 Å². The van der Waals surface area contributed by atoms with Gasteiger partial charge < -0.3 is 5.32 Å². The molecule has 1 amide bonds. The summed E-state index contributed by atoms with van der Waals surface area (Å²) in [6, 6.07) is 0. The van der Waals surface area contributed by atoms with Crippen molar-refractivity contribution in [3.05, 3.63) is 11.6 Å². The average molecular weight is 316 g/mol. The second kappa shape index (κ2) is 9.20. The van der Waals surface area contributed by atoms with Crippen LogP contribution in [0, 0.1) is 0 Å². The van der Waals surface area contributed by atoms with Crippen LogP contribution in [-0.2, 0) is 14.8 Å². The fourth-order valence-electron chi connectivity index (χ4n) is 2.41. The molecule has 5 nitrogen and oxygen atoms in total. The summed E-state index contributed by atoms with van der Waals surface area (Å²) < 4.78 is 24.5. The minimum atomic E-state index is -3.32. The van der Waals surface area contributed by atoms with Crippen molar-refractivity contribution in [2.24, 2.45) is 0 Å². The van der Waals surface area contributed by atoms with E-state index >= 15 is 0 Å². The van der Waals surface area contributed by atoms with E-state index in [-0.39, 0.29) is 12.5 Å². The molecule has 6 heteroatoms. The third kappa shape index (κ3) is 7.62. The molecular weight excluding hydrogens is 288 g/mol. The van der Waals surface area contributed by atoms with Gasteiger partial charge in [-0.15, -0.1) is 0 Å². The molecule has 0 saturated carbocycles. The maximum atomic E-state index is 11.9. The Morgan fingerprint density at radius 1 is 1.38 bits per heavy atom. The molecule has 0 fully saturated rings. The van der Waals surface area contributed by atoms with Crippen molar-refractivity contribution in [3.8, 4) is 0 Å². The van der Waals surface area contributed by atoms with Crippen LogP contribution in [-0.4, -0.2) is 44.5 Å². The molecule has 122 valence electrons. The third-order valence-electron chi connectivity index (χ3n) is 3.70. The number of rotatable bonds is 9. The Bertz CT molecular complexity index is 458. The second-order valence-corrected chi connectivity index (χ2v) is 7.64. The van der Waals surface area contributed by atoms with Gasteiger partial charge in [-0.1, -0.05) is 25.0 Å². The molecule has 0 aromatic rings. The van der Waals surface area contributed by atoms with Gasteiger partial charge in [0.05, 0.1) is 12.8 Å². The molecule has 1 aliphatic rings. The maximum Gasteiger partial charge on any atom is 0.235 e. The molecule has 0 radical (unpaired) electrons. The lowest BCUT2D eigenvalue weighted by Crippen LogP contribution is -2.41. The van der Waals surface area contributed by atoms with Crippen molar-refractivity contribution in [3.63, 3.8) is 0 Å². The van der Waals surface area contributed by atoms with Gasteiger partial charge in [0.1, 0.15) is 0 Å². The number of allylic oxidation sites excluding steroid dienone is 1. The van der Waals surface area contributed by atoms with Crippen LogP contribution in [0.25, 0.3) is 0 Å². The van der Waals surface area contributed by atoms with Gasteiger partial charge in [-0.25, -0.2) is 8.42 Å². The van der Waals surface area contributed by atoms with Crippen molar-refractivity contribution in [2.75, 3.05) is 25.9 Å². The lowest BCUT2D eigenvalue weighted by Gasteiger charge is -2.19. The first-order valence-electron chi connectivity index (χ1n) is 7.83. The van der Waals surface area contributed by atoms with E-state index in [4.69, 9.17) is 0 Å². The van der Waals surface area contributed by atoms with Crippen molar-refractivity contribution >= 4 is 15.9 Å². The highest BCUT2D eigenvalue weighted by Gasteiger charge is 2.19. The number of sulfonamides is 1. The largest absolute Gasteiger partial charge is 0.355 e. The fourth-order valence-corrected chi connectivity index (χ4v) is 3.22. The molecule has 0 bridgehead atoms. The summed E-state index contributed by atoms with van der Waals surface area (Å²) in [5.41, 5.74) is 1.41. The van der Waals surface area contributed by atoms with Crippen LogP contribution in [0.2, 0.25) is 0 Å². The van der Waals surface area contributed by atoms with Crippen molar-refractivity contribution in [2.45, 2.75) is 51.9 Å². The quantitative estimate of drug-likeness (QED) is 0.662. The second-order valence-electron chi connectivity index (χ2n) is 5.66. The highest BCUT2D eigenvalue weighted by atomic mass is 32.2. The monoisotopic (exact) mass is 316 g/mol. The van der Waals surface area contributed by atoms with Crippen LogP contribution in [0.4, 0.5) is 0 Å². The number of amides is 1. The topological polar surface area (TPSA) is 66.5 Å². The molecule has 1 N–H and O–H groups in total. The first kappa shape index (κ1) is 18.2. The summed E-state index contributed by atoms with van der Waals surface area (Å²) >= 11 is 0. The Labute approximate surface area is 128 Å². The van der Waals surface area contributed by atoms with Gasteiger partial charge in [0.25, 0.3) is 0 Å². The van der Waals surface area contributed by atoms with E-state index in [1.54, 1.807) is 0 Å². The zero-order chi connectivity index (χ0) is 15.7. The summed E-state index contributed by atoms with van der Waals surface area (Å²) in [4.78, 5) is 11.9. The predicted octanol–water partition coefficient (Wildman–Crippen LogP) is 2.05. The number of carbonyl (C=O) groups excluding carboxylic acids is 1. The molecule has 1 aliphatic carbocycles. The molecule has 0 heterocycles. The maximum absolute atomic E-state index is 11.9. The summed E-state index contributed by atoms with van der Waals surface area (Å²) in [5, 5.41) is 2.82. The Hall–Kier alpha value is -0.880. The Balaban J connectivity index is 2.34. The minimum Gasteiger partial charge on any atom is -0.355 e. The van der Waals surface area contributed by atoms with Gasteiger partial charge in [-0.3, -0.25) is 4.79 Å². The number of nitrogens with zero attached hydrogens (tertiary/aromatic N) is 1. The standard InChI is InChI=1S/C15H28N2O3S/c1-3-4-12-17(21(2,19)20)13-15(18)16-11-10-14-8-6-5-7-9-14/h8H,3-7,9-13H2,1-2H3,(H,16,18). The van der Waals surface area contributed by atoms with Gasteiger partial charge in [-0.2, -0.15) is 4.31 Å². The van der Waals surface area contributed by atoms with Crippen molar-refractivity contribution in [1.82, 2.24) is 9.62 Å². The lowest BCUT2D eigenvalue weighted by molar-refractivity contribution is -0.121.